The maximum Gasteiger partial charge on any atom is 0.312 e. The van der Waals surface area contributed by atoms with Crippen LogP contribution in [0, 0.1) is 0 Å². The third-order valence-corrected chi connectivity index (χ3v) is 3.23. The first-order chi connectivity index (χ1) is 6.70. The Morgan fingerprint density at radius 2 is 1.71 bits per heavy atom. The second kappa shape index (κ2) is 3.59. The summed E-state index contributed by atoms with van der Waals surface area (Å²) in [7, 11) is 1.69. The van der Waals surface area contributed by atoms with Crippen molar-refractivity contribution in [3.05, 3.63) is 0 Å². The number of likely N-dealkylation sites (N-methyl/N-ethyl adjacent to an activating group) is 1. The van der Waals surface area contributed by atoms with Gasteiger partial charge in [0.1, 0.15) is 0 Å². The highest BCUT2D eigenvalue weighted by molar-refractivity contribution is 6.35. The van der Waals surface area contributed by atoms with E-state index in [0.29, 0.717) is 19.1 Å². The van der Waals surface area contributed by atoms with E-state index in [1.54, 1.807) is 11.9 Å². The van der Waals surface area contributed by atoms with E-state index in [4.69, 9.17) is 0 Å². The Kier molecular flexibility index (Phi) is 2.44. The van der Waals surface area contributed by atoms with Crippen LogP contribution in [0.4, 0.5) is 0 Å². The zero-order chi connectivity index (χ0) is 10.1. The molecule has 4 nitrogen and oxygen atoms in total. The molecule has 0 unspecified atom stereocenters. The molecule has 2 amide bonds. The van der Waals surface area contributed by atoms with Crippen molar-refractivity contribution in [2.45, 2.75) is 31.7 Å². The van der Waals surface area contributed by atoms with Crippen molar-refractivity contribution in [2.24, 2.45) is 0 Å². The summed E-state index contributed by atoms with van der Waals surface area (Å²) < 4.78 is 0. The van der Waals surface area contributed by atoms with E-state index in [1.807, 2.05) is 0 Å². The summed E-state index contributed by atoms with van der Waals surface area (Å²) in [5.74, 6) is -0.645. The van der Waals surface area contributed by atoms with Crippen LogP contribution in [-0.2, 0) is 9.59 Å². The Morgan fingerprint density at radius 3 is 2.36 bits per heavy atom. The summed E-state index contributed by atoms with van der Waals surface area (Å²) in [6.07, 6.45) is 4.53. The average Bonchev–Trinajstić information content (AvgIpc) is 2.67. The van der Waals surface area contributed by atoms with Crippen LogP contribution in [0.5, 0.6) is 0 Å². The fourth-order valence-electron chi connectivity index (χ4n) is 2.31. The molecule has 4 heteroatoms. The van der Waals surface area contributed by atoms with Gasteiger partial charge in [-0.25, -0.2) is 0 Å². The Balaban J connectivity index is 2.06. The smallest absolute Gasteiger partial charge is 0.312 e. The molecule has 1 aliphatic heterocycles. The third kappa shape index (κ3) is 1.49. The van der Waals surface area contributed by atoms with Gasteiger partial charge in [-0.15, -0.1) is 0 Å². The molecular weight excluding hydrogens is 180 g/mol. The van der Waals surface area contributed by atoms with Crippen LogP contribution in [0.3, 0.4) is 0 Å². The molecule has 1 aliphatic carbocycles. The summed E-state index contributed by atoms with van der Waals surface area (Å²) in [6, 6.07) is 0.333. The van der Waals surface area contributed by atoms with Gasteiger partial charge in [0.05, 0.1) is 0 Å². The molecule has 0 radical (unpaired) electrons. The van der Waals surface area contributed by atoms with E-state index in [0.717, 1.165) is 12.8 Å². The van der Waals surface area contributed by atoms with Crippen molar-refractivity contribution in [3.63, 3.8) is 0 Å². The highest BCUT2D eigenvalue weighted by atomic mass is 16.2. The van der Waals surface area contributed by atoms with Crippen LogP contribution < -0.4 is 0 Å². The quantitative estimate of drug-likeness (QED) is 0.563. The van der Waals surface area contributed by atoms with Gasteiger partial charge in [-0.2, -0.15) is 0 Å². The first-order valence-electron chi connectivity index (χ1n) is 5.26. The molecule has 2 aliphatic rings. The predicted molar refractivity (Wildman–Crippen MR) is 51.6 cm³/mol. The second-order valence-electron chi connectivity index (χ2n) is 4.16. The summed E-state index contributed by atoms with van der Waals surface area (Å²) >= 11 is 0. The highest BCUT2D eigenvalue weighted by Gasteiger charge is 2.35. The van der Waals surface area contributed by atoms with Gasteiger partial charge in [0.25, 0.3) is 0 Å². The molecule has 0 atom stereocenters. The molecule has 1 saturated carbocycles. The molecule has 78 valence electrons. The van der Waals surface area contributed by atoms with Crippen molar-refractivity contribution < 1.29 is 9.59 Å². The average molecular weight is 196 g/mol. The summed E-state index contributed by atoms with van der Waals surface area (Å²) in [5, 5.41) is 0. The maximum absolute atomic E-state index is 11.7. The standard InChI is InChI=1S/C10H16N2O2/c1-11-6-7-12(10(14)9(11)13)8-4-2-3-5-8/h8H,2-7H2,1H3. The highest BCUT2D eigenvalue weighted by Crippen LogP contribution is 2.24. The van der Waals surface area contributed by atoms with Gasteiger partial charge in [0, 0.05) is 26.2 Å². The lowest BCUT2D eigenvalue weighted by molar-refractivity contribution is -0.156. The number of hydrogen-bond acceptors (Lipinski definition) is 2. The van der Waals surface area contributed by atoms with Gasteiger partial charge in [-0.3, -0.25) is 9.59 Å². The zero-order valence-corrected chi connectivity index (χ0v) is 8.53. The fraction of sp³-hybridized carbons (Fsp3) is 0.800. The van der Waals surface area contributed by atoms with Gasteiger partial charge >= 0.3 is 11.8 Å². The maximum atomic E-state index is 11.7. The van der Waals surface area contributed by atoms with Crippen LogP contribution in [0.1, 0.15) is 25.7 Å². The Labute approximate surface area is 83.9 Å². The molecule has 0 aromatic rings. The lowest BCUT2D eigenvalue weighted by atomic mass is 10.1. The predicted octanol–water partition coefficient (Wildman–Crippen LogP) is 0.230. The lowest BCUT2D eigenvalue weighted by Gasteiger charge is -2.35. The van der Waals surface area contributed by atoms with Gasteiger partial charge in [0.15, 0.2) is 0 Å². The van der Waals surface area contributed by atoms with Crippen LogP contribution in [-0.4, -0.2) is 47.8 Å². The molecule has 14 heavy (non-hydrogen) atoms. The van der Waals surface area contributed by atoms with Gasteiger partial charge in [0.2, 0.25) is 0 Å². The van der Waals surface area contributed by atoms with E-state index < -0.39 is 0 Å². The number of carbonyl (C=O) groups is 2. The summed E-state index contributed by atoms with van der Waals surface area (Å²) in [4.78, 5) is 26.4. The molecule has 0 spiro atoms. The topological polar surface area (TPSA) is 40.6 Å². The molecule has 0 aromatic heterocycles. The monoisotopic (exact) mass is 196 g/mol. The van der Waals surface area contributed by atoms with E-state index in [9.17, 15) is 9.59 Å². The molecule has 2 fully saturated rings. The molecule has 1 heterocycles. The normalized spacial score (nSPS) is 24.9. The second-order valence-corrected chi connectivity index (χ2v) is 4.16. The van der Waals surface area contributed by atoms with E-state index in [-0.39, 0.29) is 11.8 Å². The van der Waals surface area contributed by atoms with Crippen molar-refractivity contribution in [1.29, 1.82) is 0 Å². The molecular formula is C10H16N2O2. The fourth-order valence-corrected chi connectivity index (χ4v) is 2.31. The Bertz CT molecular complexity index is 259. The van der Waals surface area contributed by atoms with Gasteiger partial charge < -0.3 is 9.80 Å². The number of carbonyl (C=O) groups excluding carboxylic acids is 2. The first kappa shape index (κ1) is 9.49. The van der Waals surface area contributed by atoms with Crippen LogP contribution in [0.25, 0.3) is 0 Å². The van der Waals surface area contributed by atoms with Crippen molar-refractivity contribution >= 4 is 11.8 Å². The van der Waals surface area contributed by atoms with E-state index >= 15 is 0 Å². The minimum atomic E-state index is -0.344. The lowest BCUT2D eigenvalue weighted by Crippen LogP contribution is -2.55. The number of amides is 2. The van der Waals surface area contributed by atoms with Crippen molar-refractivity contribution in [2.75, 3.05) is 20.1 Å². The number of rotatable bonds is 1. The van der Waals surface area contributed by atoms with E-state index in [2.05, 4.69) is 0 Å². The van der Waals surface area contributed by atoms with E-state index in [1.165, 1.54) is 17.7 Å². The summed E-state index contributed by atoms with van der Waals surface area (Å²) in [5.41, 5.74) is 0. The Hall–Kier alpha value is -1.06. The van der Waals surface area contributed by atoms with Crippen LogP contribution in [0.2, 0.25) is 0 Å². The number of piperazine rings is 1. The third-order valence-electron chi connectivity index (χ3n) is 3.23. The molecule has 0 aromatic carbocycles. The summed E-state index contributed by atoms with van der Waals surface area (Å²) in [6.45, 7) is 1.40. The molecule has 2 rings (SSSR count). The minimum Gasteiger partial charge on any atom is -0.336 e. The minimum absolute atomic E-state index is 0.300. The first-order valence-corrected chi connectivity index (χ1v) is 5.26. The SMILES string of the molecule is CN1CCN(C2CCCC2)C(=O)C1=O. The number of hydrogen-bond donors (Lipinski definition) is 0. The van der Waals surface area contributed by atoms with Crippen LogP contribution >= 0.6 is 0 Å². The number of nitrogens with zero attached hydrogens (tertiary/aromatic N) is 2. The molecule has 1 saturated heterocycles. The van der Waals surface area contributed by atoms with Gasteiger partial charge in [-0.05, 0) is 12.8 Å². The van der Waals surface area contributed by atoms with Crippen molar-refractivity contribution in [3.8, 4) is 0 Å². The molecule has 0 N–H and O–H groups in total. The Morgan fingerprint density at radius 1 is 1.07 bits per heavy atom. The molecule has 0 bridgehead atoms. The van der Waals surface area contributed by atoms with Crippen molar-refractivity contribution in [1.82, 2.24) is 9.80 Å². The largest absolute Gasteiger partial charge is 0.336 e. The van der Waals surface area contributed by atoms with Gasteiger partial charge in [-0.1, -0.05) is 12.8 Å². The van der Waals surface area contributed by atoms with Crippen LogP contribution in [0.15, 0.2) is 0 Å². The zero-order valence-electron chi connectivity index (χ0n) is 8.53.